The molecule has 0 rings (SSSR count). The Balaban J connectivity index is 3.54. The van der Waals surface area contributed by atoms with Gasteiger partial charge in [-0.05, 0) is 19.8 Å². The normalized spacial score (nSPS) is 10.7. The van der Waals surface area contributed by atoms with Crippen molar-refractivity contribution in [3.8, 4) is 0 Å². The molecule has 106 valence electrons. The molecular weight excluding hydrogens is 232 g/mol. The largest absolute Gasteiger partial charge is 0.481 e. The van der Waals surface area contributed by atoms with E-state index in [1.54, 1.807) is 5.01 Å². The number of carboxylic acids is 1. The van der Waals surface area contributed by atoms with Gasteiger partial charge in [-0.25, -0.2) is 5.01 Å². The lowest BCUT2D eigenvalue weighted by atomic mass is 10.1. The van der Waals surface area contributed by atoms with Crippen LogP contribution < -0.4 is 0 Å². The predicted molar refractivity (Wildman–Crippen MR) is 71.0 cm³/mol. The van der Waals surface area contributed by atoms with Gasteiger partial charge in [-0.2, -0.15) is 0 Å². The summed E-state index contributed by atoms with van der Waals surface area (Å²) in [5.41, 5.74) is 0. The molecule has 0 bridgehead atoms. The highest BCUT2D eigenvalue weighted by atomic mass is 16.4. The Morgan fingerprint density at radius 1 is 0.944 bits per heavy atom. The first kappa shape index (κ1) is 16.9. The van der Waals surface area contributed by atoms with Crippen molar-refractivity contribution in [2.75, 3.05) is 20.6 Å². The first-order chi connectivity index (χ1) is 8.49. The number of carbonyl (C=O) groups excluding carboxylic acids is 1. The molecular formula is C13H26N2O3. The summed E-state index contributed by atoms with van der Waals surface area (Å²) >= 11 is 0. The molecule has 0 aromatic rings. The topological polar surface area (TPSA) is 60.9 Å². The van der Waals surface area contributed by atoms with E-state index in [0.717, 1.165) is 32.1 Å². The van der Waals surface area contributed by atoms with Gasteiger partial charge in [0, 0.05) is 33.5 Å². The fourth-order valence-electron chi connectivity index (χ4n) is 1.89. The second kappa shape index (κ2) is 9.88. The number of amides is 1. The number of hydrogen-bond acceptors (Lipinski definition) is 3. The second-order valence-electron chi connectivity index (χ2n) is 4.62. The Morgan fingerprint density at radius 2 is 1.44 bits per heavy atom. The minimum absolute atomic E-state index is 0.160. The van der Waals surface area contributed by atoms with Gasteiger partial charge in [0.2, 0.25) is 5.91 Å². The molecule has 0 heterocycles. The number of carbonyl (C=O) groups is 2. The van der Waals surface area contributed by atoms with Crippen molar-refractivity contribution < 1.29 is 14.7 Å². The van der Waals surface area contributed by atoms with Crippen molar-refractivity contribution in [2.45, 2.75) is 51.9 Å². The van der Waals surface area contributed by atoms with E-state index in [1.807, 2.05) is 26.0 Å². The van der Waals surface area contributed by atoms with Crippen LogP contribution in [-0.2, 0) is 9.59 Å². The fourth-order valence-corrected chi connectivity index (χ4v) is 1.89. The molecule has 0 saturated heterocycles. The first-order valence-corrected chi connectivity index (χ1v) is 6.68. The Kier molecular flexibility index (Phi) is 9.28. The van der Waals surface area contributed by atoms with Crippen LogP contribution in [0.4, 0.5) is 0 Å². The Bertz CT molecular complexity index is 255. The molecule has 5 nitrogen and oxygen atoms in total. The molecule has 0 radical (unpaired) electrons. The maximum Gasteiger partial charge on any atom is 0.303 e. The monoisotopic (exact) mass is 258 g/mol. The quantitative estimate of drug-likeness (QED) is 0.481. The van der Waals surface area contributed by atoms with Crippen LogP contribution in [0, 0.1) is 0 Å². The summed E-state index contributed by atoms with van der Waals surface area (Å²) in [6.07, 6.45) is 5.39. The molecule has 18 heavy (non-hydrogen) atoms. The predicted octanol–water partition coefficient (Wildman–Crippen LogP) is 2.13. The molecule has 0 atom stereocenters. The number of hydrogen-bond donors (Lipinski definition) is 1. The van der Waals surface area contributed by atoms with Gasteiger partial charge in [0.1, 0.15) is 0 Å². The Hall–Kier alpha value is -1.10. The number of rotatable bonds is 10. The van der Waals surface area contributed by atoms with Crippen LogP contribution in [0.5, 0.6) is 0 Å². The lowest BCUT2D eigenvalue weighted by molar-refractivity contribution is -0.144. The van der Waals surface area contributed by atoms with Crippen molar-refractivity contribution >= 4 is 11.9 Å². The van der Waals surface area contributed by atoms with Crippen LogP contribution in [0.15, 0.2) is 0 Å². The molecule has 0 spiro atoms. The molecule has 0 saturated carbocycles. The van der Waals surface area contributed by atoms with E-state index in [1.165, 1.54) is 0 Å². The number of carboxylic acid groups (broad SMARTS) is 1. The molecule has 1 N–H and O–H groups in total. The van der Waals surface area contributed by atoms with Gasteiger partial charge >= 0.3 is 5.97 Å². The zero-order valence-electron chi connectivity index (χ0n) is 11.8. The maximum absolute atomic E-state index is 11.8. The van der Waals surface area contributed by atoms with Gasteiger partial charge in [0.05, 0.1) is 0 Å². The van der Waals surface area contributed by atoms with Crippen LogP contribution >= 0.6 is 0 Å². The van der Waals surface area contributed by atoms with E-state index < -0.39 is 5.97 Å². The average Bonchev–Trinajstić information content (AvgIpc) is 2.27. The van der Waals surface area contributed by atoms with Crippen molar-refractivity contribution in [1.29, 1.82) is 0 Å². The van der Waals surface area contributed by atoms with Crippen LogP contribution in [0.2, 0.25) is 0 Å². The maximum atomic E-state index is 11.8. The van der Waals surface area contributed by atoms with Crippen LogP contribution in [-0.4, -0.2) is 47.6 Å². The highest BCUT2D eigenvalue weighted by molar-refractivity contribution is 5.75. The van der Waals surface area contributed by atoms with Crippen molar-refractivity contribution in [1.82, 2.24) is 10.0 Å². The number of nitrogens with zero attached hydrogens (tertiary/aromatic N) is 2. The lowest BCUT2D eigenvalue weighted by Crippen LogP contribution is -2.41. The van der Waals surface area contributed by atoms with E-state index in [2.05, 4.69) is 0 Å². The van der Waals surface area contributed by atoms with Gasteiger partial charge in [-0.3, -0.25) is 14.6 Å². The smallest absolute Gasteiger partial charge is 0.303 e. The van der Waals surface area contributed by atoms with Gasteiger partial charge in [0.15, 0.2) is 0 Å². The minimum atomic E-state index is -0.727. The van der Waals surface area contributed by atoms with Crippen LogP contribution in [0.25, 0.3) is 0 Å². The molecule has 0 aromatic carbocycles. The lowest BCUT2D eigenvalue weighted by Gasteiger charge is -2.27. The number of hydrazine groups is 1. The standard InChI is InChI=1S/C13H26N2O3/c1-4-15(14(2)3)12(16)10-8-6-5-7-9-11-13(17)18/h4-11H2,1-3H3,(H,17,18). The van der Waals surface area contributed by atoms with E-state index >= 15 is 0 Å². The zero-order chi connectivity index (χ0) is 14.0. The molecule has 0 aliphatic heterocycles. The summed E-state index contributed by atoms with van der Waals surface area (Å²) < 4.78 is 0. The van der Waals surface area contributed by atoms with Gasteiger partial charge < -0.3 is 5.11 Å². The minimum Gasteiger partial charge on any atom is -0.481 e. The molecule has 1 amide bonds. The zero-order valence-corrected chi connectivity index (χ0v) is 11.8. The van der Waals surface area contributed by atoms with E-state index in [9.17, 15) is 9.59 Å². The summed E-state index contributed by atoms with van der Waals surface area (Å²) in [7, 11) is 3.74. The van der Waals surface area contributed by atoms with E-state index in [0.29, 0.717) is 13.0 Å². The highest BCUT2D eigenvalue weighted by Crippen LogP contribution is 2.09. The molecule has 0 fully saturated rings. The third-order valence-electron chi connectivity index (χ3n) is 2.85. The second-order valence-corrected chi connectivity index (χ2v) is 4.62. The summed E-state index contributed by atoms with van der Waals surface area (Å²) in [6, 6.07) is 0. The third-order valence-corrected chi connectivity index (χ3v) is 2.85. The average molecular weight is 258 g/mol. The van der Waals surface area contributed by atoms with Crippen LogP contribution in [0.1, 0.15) is 51.9 Å². The summed E-state index contributed by atoms with van der Waals surface area (Å²) in [5, 5.41) is 12.0. The molecule has 5 heteroatoms. The van der Waals surface area contributed by atoms with Crippen LogP contribution in [0.3, 0.4) is 0 Å². The van der Waals surface area contributed by atoms with Crippen molar-refractivity contribution in [2.24, 2.45) is 0 Å². The van der Waals surface area contributed by atoms with E-state index in [-0.39, 0.29) is 12.3 Å². The van der Waals surface area contributed by atoms with Gasteiger partial charge in [-0.1, -0.05) is 19.3 Å². The summed E-state index contributed by atoms with van der Waals surface area (Å²) in [6.45, 7) is 2.66. The molecule has 0 aliphatic carbocycles. The summed E-state index contributed by atoms with van der Waals surface area (Å²) in [5.74, 6) is -0.567. The SMILES string of the molecule is CCN(C(=O)CCCCCCCC(=O)O)N(C)C. The number of aliphatic carboxylic acids is 1. The third kappa shape index (κ3) is 8.06. The number of unbranched alkanes of at least 4 members (excludes halogenated alkanes) is 4. The van der Waals surface area contributed by atoms with Crippen molar-refractivity contribution in [3.63, 3.8) is 0 Å². The van der Waals surface area contributed by atoms with E-state index in [4.69, 9.17) is 5.11 Å². The van der Waals surface area contributed by atoms with Crippen molar-refractivity contribution in [3.05, 3.63) is 0 Å². The Labute approximate surface area is 110 Å². The molecule has 0 aromatic heterocycles. The molecule has 0 unspecified atom stereocenters. The van der Waals surface area contributed by atoms with Gasteiger partial charge in [0.25, 0.3) is 0 Å². The summed E-state index contributed by atoms with van der Waals surface area (Å²) in [4.78, 5) is 22.1. The van der Waals surface area contributed by atoms with Gasteiger partial charge in [-0.15, -0.1) is 0 Å². The highest BCUT2D eigenvalue weighted by Gasteiger charge is 2.12. The fraction of sp³-hybridized carbons (Fsp3) is 0.846. The Morgan fingerprint density at radius 3 is 1.89 bits per heavy atom. The first-order valence-electron chi connectivity index (χ1n) is 6.68. The molecule has 0 aliphatic rings.